The van der Waals surface area contributed by atoms with E-state index in [-0.39, 0.29) is 6.61 Å². The minimum absolute atomic E-state index is 0.217. The highest BCUT2D eigenvalue weighted by atomic mass is 16.3. The summed E-state index contributed by atoms with van der Waals surface area (Å²) >= 11 is 0. The molecule has 0 unspecified atom stereocenters. The molecule has 0 saturated carbocycles. The highest BCUT2D eigenvalue weighted by Gasteiger charge is 2.13. The third-order valence-electron chi connectivity index (χ3n) is 3.36. The Hall–Kier alpha value is -1.36. The van der Waals surface area contributed by atoms with E-state index in [2.05, 4.69) is 19.8 Å². The Kier molecular flexibility index (Phi) is 4.75. The molecule has 0 aromatic carbocycles. The van der Waals surface area contributed by atoms with Crippen LogP contribution in [0.3, 0.4) is 0 Å². The van der Waals surface area contributed by atoms with Gasteiger partial charge in [-0.05, 0) is 25.7 Å². The summed E-state index contributed by atoms with van der Waals surface area (Å²) in [6, 6.07) is 2.04. The molecule has 100 valence electrons. The Balaban J connectivity index is 2.04. The Morgan fingerprint density at radius 3 is 2.78 bits per heavy atom. The van der Waals surface area contributed by atoms with Gasteiger partial charge in [-0.2, -0.15) is 0 Å². The lowest BCUT2D eigenvalue weighted by atomic mass is 10.1. The number of anilines is 2. The molecule has 1 aliphatic heterocycles. The van der Waals surface area contributed by atoms with Crippen molar-refractivity contribution in [3.8, 4) is 0 Å². The summed E-state index contributed by atoms with van der Waals surface area (Å²) in [7, 11) is 2.00. The van der Waals surface area contributed by atoms with Gasteiger partial charge in [0.05, 0.1) is 0 Å². The van der Waals surface area contributed by atoms with E-state index in [9.17, 15) is 0 Å². The monoisotopic (exact) mass is 250 g/mol. The Bertz CT molecular complexity index is 366. The topological polar surface area (TPSA) is 52.5 Å². The molecule has 2 rings (SSSR count). The van der Waals surface area contributed by atoms with Crippen LogP contribution >= 0.6 is 0 Å². The van der Waals surface area contributed by atoms with E-state index in [4.69, 9.17) is 5.11 Å². The predicted octanol–water partition coefficient (Wildman–Crippen LogP) is 1.29. The van der Waals surface area contributed by atoms with Gasteiger partial charge in [0.2, 0.25) is 0 Å². The van der Waals surface area contributed by atoms with Crippen LogP contribution in [0.15, 0.2) is 12.4 Å². The molecule has 5 heteroatoms. The predicted molar refractivity (Wildman–Crippen MR) is 73.1 cm³/mol. The van der Waals surface area contributed by atoms with Gasteiger partial charge in [-0.3, -0.25) is 0 Å². The summed E-state index contributed by atoms with van der Waals surface area (Å²) in [6.45, 7) is 3.22. The second-order valence-corrected chi connectivity index (χ2v) is 4.78. The van der Waals surface area contributed by atoms with Gasteiger partial charge >= 0.3 is 0 Å². The molecule has 1 aliphatic rings. The smallest absolute Gasteiger partial charge is 0.134 e. The molecular weight excluding hydrogens is 228 g/mol. The molecule has 0 radical (unpaired) electrons. The van der Waals surface area contributed by atoms with Crippen molar-refractivity contribution < 1.29 is 5.11 Å². The SMILES string of the molecule is CN(CCCO)c1cc(N2CCCCC2)ncn1. The molecular formula is C13H22N4O. The van der Waals surface area contributed by atoms with E-state index >= 15 is 0 Å². The van der Waals surface area contributed by atoms with Crippen molar-refractivity contribution in [2.24, 2.45) is 0 Å². The molecule has 0 aliphatic carbocycles. The normalized spacial score (nSPS) is 15.8. The van der Waals surface area contributed by atoms with Gasteiger partial charge in [0.25, 0.3) is 0 Å². The summed E-state index contributed by atoms with van der Waals surface area (Å²) in [5, 5.41) is 8.85. The number of aromatic nitrogens is 2. The zero-order valence-electron chi connectivity index (χ0n) is 11.0. The first-order valence-electron chi connectivity index (χ1n) is 6.70. The van der Waals surface area contributed by atoms with Crippen molar-refractivity contribution in [2.45, 2.75) is 25.7 Å². The molecule has 0 spiro atoms. The Morgan fingerprint density at radius 2 is 2.06 bits per heavy atom. The van der Waals surface area contributed by atoms with Crippen LogP contribution in [-0.2, 0) is 0 Å². The van der Waals surface area contributed by atoms with Crippen LogP contribution in [0.2, 0.25) is 0 Å². The summed E-state index contributed by atoms with van der Waals surface area (Å²) in [5.41, 5.74) is 0. The number of aliphatic hydroxyl groups excluding tert-OH is 1. The summed E-state index contributed by atoms with van der Waals surface area (Å²) in [6.07, 6.45) is 6.22. The molecule has 1 aromatic heterocycles. The van der Waals surface area contributed by atoms with Gasteiger partial charge in [0.15, 0.2) is 0 Å². The summed E-state index contributed by atoms with van der Waals surface area (Å²) < 4.78 is 0. The number of hydrogen-bond acceptors (Lipinski definition) is 5. The lowest BCUT2D eigenvalue weighted by molar-refractivity contribution is 0.290. The van der Waals surface area contributed by atoms with Crippen LogP contribution in [0.4, 0.5) is 11.6 Å². The Morgan fingerprint density at radius 1 is 1.28 bits per heavy atom. The van der Waals surface area contributed by atoms with Gasteiger partial charge in [0, 0.05) is 39.4 Å². The van der Waals surface area contributed by atoms with Crippen LogP contribution < -0.4 is 9.80 Å². The second-order valence-electron chi connectivity index (χ2n) is 4.78. The zero-order chi connectivity index (χ0) is 12.8. The maximum Gasteiger partial charge on any atom is 0.134 e. The van der Waals surface area contributed by atoms with E-state index in [1.54, 1.807) is 6.33 Å². The molecule has 5 nitrogen and oxygen atoms in total. The maximum atomic E-state index is 8.85. The highest BCUT2D eigenvalue weighted by Crippen LogP contribution is 2.20. The second kappa shape index (κ2) is 6.54. The van der Waals surface area contributed by atoms with E-state index in [0.29, 0.717) is 0 Å². The number of hydrogen-bond donors (Lipinski definition) is 1. The van der Waals surface area contributed by atoms with Crippen molar-refractivity contribution >= 4 is 11.6 Å². The number of nitrogens with zero attached hydrogens (tertiary/aromatic N) is 4. The third-order valence-corrected chi connectivity index (χ3v) is 3.36. The van der Waals surface area contributed by atoms with Crippen LogP contribution in [0, 0.1) is 0 Å². The molecule has 2 heterocycles. The molecule has 18 heavy (non-hydrogen) atoms. The zero-order valence-corrected chi connectivity index (χ0v) is 11.0. The lowest BCUT2D eigenvalue weighted by Crippen LogP contribution is -2.30. The standard InChI is InChI=1S/C13H22N4O/c1-16(6-5-9-18)12-10-13(15-11-14-12)17-7-3-2-4-8-17/h10-11,18H,2-9H2,1H3. The first-order chi connectivity index (χ1) is 8.81. The number of piperidine rings is 1. The fraction of sp³-hybridized carbons (Fsp3) is 0.692. The average molecular weight is 250 g/mol. The van der Waals surface area contributed by atoms with E-state index in [0.717, 1.165) is 37.7 Å². The van der Waals surface area contributed by atoms with Crippen molar-refractivity contribution in [3.05, 3.63) is 12.4 Å². The number of aliphatic hydroxyl groups is 1. The molecule has 0 atom stereocenters. The van der Waals surface area contributed by atoms with Crippen molar-refractivity contribution in [3.63, 3.8) is 0 Å². The summed E-state index contributed by atoms with van der Waals surface area (Å²) in [4.78, 5) is 13.0. The Labute approximate surface area is 108 Å². The molecule has 1 saturated heterocycles. The minimum atomic E-state index is 0.217. The van der Waals surface area contributed by atoms with Gasteiger partial charge in [-0.25, -0.2) is 9.97 Å². The maximum absolute atomic E-state index is 8.85. The average Bonchev–Trinajstić information content (AvgIpc) is 2.46. The van der Waals surface area contributed by atoms with Gasteiger partial charge in [0.1, 0.15) is 18.0 Å². The van der Waals surface area contributed by atoms with Gasteiger partial charge in [-0.1, -0.05) is 0 Å². The fourth-order valence-corrected chi connectivity index (χ4v) is 2.26. The van der Waals surface area contributed by atoms with Crippen LogP contribution in [0.25, 0.3) is 0 Å². The fourth-order valence-electron chi connectivity index (χ4n) is 2.26. The van der Waals surface area contributed by atoms with Crippen molar-refractivity contribution in [2.75, 3.05) is 43.1 Å². The molecule has 1 fully saturated rings. The third kappa shape index (κ3) is 3.32. The van der Waals surface area contributed by atoms with Crippen LogP contribution in [0.1, 0.15) is 25.7 Å². The quantitative estimate of drug-likeness (QED) is 0.853. The van der Waals surface area contributed by atoms with Gasteiger partial charge < -0.3 is 14.9 Å². The first kappa shape index (κ1) is 13.1. The van der Waals surface area contributed by atoms with Crippen LogP contribution in [-0.4, -0.2) is 48.4 Å². The van der Waals surface area contributed by atoms with Crippen molar-refractivity contribution in [1.29, 1.82) is 0 Å². The highest BCUT2D eigenvalue weighted by molar-refractivity contribution is 5.49. The van der Waals surface area contributed by atoms with Gasteiger partial charge in [-0.15, -0.1) is 0 Å². The van der Waals surface area contributed by atoms with E-state index < -0.39 is 0 Å². The lowest BCUT2D eigenvalue weighted by Gasteiger charge is -2.28. The molecule has 0 amide bonds. The van der Waals surface area contributed by atoms with Crippen LogP contribution in [0.5, 0.6) is 0 Å². The van der Waals surface area contributed by atoms with Crippen molar-refractivity contribution in [1.82, 2.24) is 9.97 Å². The molecule has 0 bridgehead atoms. The molecule has 1 aromatic rings. The minimum Gasteiger partial charge on any atom is -0.396 e. The summed E-state index contributed by atoms with van der Waals surface area (Å²) in [5.74, 6) is 1.95. The largest absolute Gasteiger partial charge is 0.396 e. The van der Waals surface area contributed by atoms with E-state index in [1.165, 1.54) is 19.3 Å². The molecule has 1 N–H and O–H groups in total. The van der Waals surface area contributed by atoms with E-state index in [1.807, 2.05) is 13.1 Å². The first-order valence-corrected chi connectivity index (χ1v) is 6.70. The number of rotatable bonds is 5.